The highest BCUT2D eigenvalue weighted by Crippen LogP contribution is 2.34. The van der Waals surface area contributed by atoms with Gasteiger partial charge in [0.1, 0.15) is 0 Å². The van der Waals surface area contributed by atoms with E-state index in [-0.39, 0.29) is 11.7 Å². The number of hydrogen-bond acceptors (Lipinski definition) is 5. The molecule has 0 radical (unpaired) electrons. The van der Waals surface area contributed by atoms with Crippen LogP contribution in [-0.4, -0.2) is 55.6 Å². The monoisotopic (exact) mass is 399 g/mol. The van der Waals surface area contributed by atoms with E-state index in [9.17, 15) is 8.42 Å². The van der Waals surface area contributed by atoms with Gasteiger partial charge in [0.2, 0.25) is 16.8 Å². The first-order valence-electron chi connectivity index (χ1n) is 9.28. The molecule has 1 N–H and O–H groups in total. The van der Waals surface area contributed by atoms with Gasteiger partial charge in [0.15, 0.2) is 11.5 Å². The van der Waals surface area contributed by atoms with Crippen molar-refractivity contribution in [1.82, 2.24) is 14.2 Å². The van der Waals surface area contributed by atoms with Gasteiger partial charge in [-0.3, -0.25) is 4.90 Å². The smallest absolute Gasteiger partial charge is 0.243 e. The predicted molar refractivity (Wildman–Crippen MR) is 105 cm³/mol. The number of hydrogen-bond donors (Lipinski definition) is 1. The van der Waals surface area contributed by atoms with Crippen molar-refractivity contribution < 1.29 is 17.9 Å². The first-order chi connectivity index (χ1) is 13.6. The standard InChI is InChI=1S/C20H21N3O4S/c24-28(25,16-5-6-19-20(11-16)27-14-26-19)23-9-7-22(8-10-23)13-15-12-21-18-4-2-1-3-17(15)18/h1-6,11-12,21H,7-10,13-14H2. The molecule has 3 heterocycles. The van der Waals surface area contributed by atoms with Gasteiger partial charge in [-0.25, -0.2) is 8.42 Å². The number of aromatic nitrogens is 1. The molecular formula is C20H21N3O4S. The summed E-state index contributed by atoms with van der Waals surface area (Å²) in [5.74, 6) is 1.07. The highest BCUT2D eigenvalue weighted by atomic mass is 32.2. The van der Waals surface area contributed by atoms with Crippen LogP contribution in [-0.2, 0) is 16.6 Å². The Morgan fingerprint density at radius 3 is 2.61 bits per heavy atom. The number of nitrogens with one attached hydrogen (secondary N) is 1. The second kappa shape index (κ2) is 6.80. The van der Waals surface area contributed by atoms with Crippen LogP contribution in [0.4, 0.5) is 0 Å². The lowest BCUT2D eigenvalue weighted by atomic mass is 10.1. The SMILES string of the molecule is O=S(=O)(c1ccc2c(c1)OCO2)N1CCN(Cc2c[nH]c3ccccc23)CC1. The van der Waals surface area contributed by atoms with Gasteiger partial charge in [-0.1, -0.05) is 18.2 Å². The van der Waals surface area contributed by atoms with Gasteiger partial charge in [0.25, 0.3) is 0 Å². The minimum absolute atomic E-state index is 0.130. The summed E-state index contributed by atoms with van der Waals surface area (Å²) in [7, 11) is -3.54. The lowest BCUT2D eigenvalue weighted by Gasteiger charge is -2.33. The number of fused-ring (bicyclic) bond motifs is 2. The maximum atomic E-state index is 13.0. The van der Waals surface area contributed by atoms with Crippen molar-refractivity contribution in [2.45, 2.75) is 11.4 Å². The molecule has 0 bridgehead atoms. The number of sulfonamides is 1. The fourth-order valence-corrected chi connectivity index (χ4v) is 5.26. The normalized spacial score (nSPS) is 18.0. The Morgan fingerprint density at radius 2 is 1.75 bits per heavy atom. The first-order valence-corrected chi connectivity index (χ1v) is 10.7. The van der Waals surface area contributed by atoms with Gasteiger partial charge in [-0.05, 0) is 23.8 Å². The van der Waals surface area contributed by atoms with Crippen molar-refractivity contribution in [3.8, 4) is 11.5 Å². The molecule has 28 heavy (non-hydrogen) atoms. The highest BCUT2D eigenvalue weighted by molar-refractivity contribution is 7.89. The lowest BCUT2D eigenvalue weighted by Crippen LogP contribution is -2.48. The van der Waals surface area contributed by atoms with E-state index in [1.165, 1.54) is 10.9 Å². The number of H-pyrrole nitrogens is 1. The Kier molecular flexibility index (Phi) is 4.26. The molecule has 3 aromatic rings. The maximum Gasteiger partial charge on any atom is 0.243 e. The third kappa shape index (κ3) is 3.03. The van der Waals surface area contributed by atoms with E-state index < -0.39 is 10.0 Å². The van der Waals surface area contributed by atoms with E-state index in [4.69, 9.17) is 9.47 Å². The summed E-state index contributed by atoms with van der Waals surface area (Å²) in [5, 5.41) is 1.22. The zero-order valence-corrected chi connectivity index (χ0v) is 16.1. The molecule has 0 unspecified atom stereocenters. The minimum atomic E-state index is -3.54. The van der Waals surface area contributed by atoms with Crippen molar-refractivity contribution in [1.29, 1.82) is 0 Å². The molecule has 8 heteroatoms. The van der Waals surface area contributed by atoms with Crippen LogP contribution in [0.25, 0.3) is 10.9 Å². The second-order valence-corrected chi connectivity index (χ2v) is 8.99. The summed E-state index contributed by atoms with van der Waals surface area (Å²) in [6.45, 7) is 3.28. The number of benzene rings is 2. The Balaban J connectivity index is 1.27. The number of aromatic amines is 1. The van der Waals surface area contributed by atoms with Crippen LogP contribution in [0.2, 0.25) is 0 Å². The van der Waals surface area contributed by atoms with Crippen LogP contribution in [0.3, 0.4) is 0 Å². The molecule has 0 atom stereocenters. The quantitative estimate of drug-likeness (QED) is 0.729. The predicted octanol–water partition coefficient (Wildman–Crippen LogP) is 2.40. The Bertz CT molecular complexity index is 1120. The van der Waals surface area contributed by atoms with Gasteiger partial charge < -0.3 is 14.5 Å². The van der Waals surface area contributed by atoms with E-state index in [0.29, 0.717) is 37.7 Å². The largest absolute Gasteiger partial charge is 0.454 e. The molecule has 2 aromatic carbocycles. The molecule has 1 fully saturated rings. The molecule has 2 aliphatic rings. The average Bonchev–Trinajstić information content (AvgIpc) is 3.35. The fourth-order valence-electron chi connectivity index (χ4n) is 3.82. The zero-order chi connectivity index (χ0) is 19.1. The molecular weight excluding hydrogens is 378 g/mol. The Hall–Kier alpha value is -2.55. The summed E-state index contributed by atoms with van der Waals surface area (Å²) in [5.41, 5.74) is 2.36. The third-order valence-electron chi connectivity index (χ3n) is 5.38. The molecule has 7 nitrogen and oxygen atoms in total. The molecule has 0 saturated carbocycles. The van der Waals surface area contributed by atoms with E-state index >= 15 is 0 Å². The van der Waals surface area contributed by atoms with Crippen molar-refractivity contribution in [3.05, 3.63) is 54.2 Å². The molecule has 0 amide bonds. The summed E-state index contributed by atoms with van der Waals surface area (Å²) >= 11 is 0. The van der Waals surface area contributed by atoms with Gasteiger partial charge >= 0.3 is 0 Å². The average molecular weight is 399 g/mol. The van der Waals surface area contributed by atoms with E-state index in [1.54, 1.807) is 22.5 Å². The fraction of sp³-hybridized carbons (Fsp3) is 0.300. The van der Waals surface area contributed by atoms with Crippen molar-refractivity contribution in [3.63, 3.8) is 0 Å². The summed E-state index contributed by atoms with van der Waals surface area (Å²) in [6.07, 6.45) is 2.04. The van der Waals surface area contributed by atoms with Crippen LogP contribution < -0.4 is 9.47 Å². The van der Waals surface area contributed by atoms with E-state index in [0.717, 1.165) is 12.1 Å². The van der Waals surface area contributed by atoms with Gasteiger partial charge in [-0.15, -0.1) is 0 Å². The highest BCUT2D eigenvalue weighted by Gasteiger charge is 2.30. The van der Waals surface area contributed by atoms with Crippen LogP contribution in [0.15, 0.2) is 53.6 Å². The summed E-state index contributed by atoms with van der Waals surface area (Å²) in [4.78, 5) is 5.84. The number of rotatable bonds is 4. The molecule has 146 valence electrons. The van der Waals surface area contributed by atoms with Crippen molar-refractivity contribution >= 4 is 20.9 Å². The van der Waals surface area contributed by atoms with E-state index in [1.807, 2.05) is 18.3 Å². The first kappa shape index (κ1) is 17.5. The maximum absolute atomic E-state index is 13.0. The van der Waals surface area contributed by atoms with Crippen LogP contribution in [0, 0.1) is 0 Å². The third-order valence-corrected chi connectivity index (χ3v) is 7.28. The number of ether oxygens (including phenoxy) is 2. The molecule has 2 aliphatic heterocycles. The van der Waals surface area contributed by atoms with Gasteiger partial charge in [0.05, 0.1) is 4.90 Å². The lowest BCUT2D eigenvalue weighted by molar-refractivity contribution is 0.173. The Labute approximate surface area is 163 Å². The number of nitrogens with zero attached hydrogens (tertiary/aromatic N) is 2. The molecule has 0 aliphatic carbocycles. The molecule has 1 saturated heterocycles. The van der Waals surface area contributed by atoms with Crippen molar-refractivity contribution in [2.24, 2.45) is 0 Å². The summed E-state index contributed by atoms with van der Waals surface area (Å²) < 4.78 is 38.1. The van der Waals surface area contributed by atoms with Crippen LogP contribution >= 0.6 is 0 Å². The minimum Gasteiger partial charge on any atom is -0.454 e. The Morgan fingerprint density at radius 1 is 0.964 bits per heavy atom. The number of piperazine rings is 1. The van der Waals surface area contributed by atoms with Crippen LogP contribution in [0.5, 0.6) is 11.5 Å². The number of para-hydroxylation sites is 1. The molecule has 1 aromatic heterocycles. The second-order valence-electron chi connectivity index (χ2n) is 7.05. The van der Waals surface area contributed by atoms with Gasteiger partial charge in [-0.2, -0.15) is 4.31 Å². The molecule has 0 spiro atoms. The van der Waals surface area contributed by atoms with Crippen molar-refractivity contribution in [2.75, 3.05) is 33.0 Å². The molecule has 5 rings (SSSR count). The zero-order valence-electron chi connectivity index (χ0n) is 15.3. The van der Waals surface area contributed by atoms with Gasteiger partial charge in [0, 0.05) is 55.9 Å². The summed E-state index contributed by atoms with van der Waals surface area (Å²) in [6, 6.07) is 13.0. The van der Waals surface area contributed by atoms with E-state index in [2.05, 4.69) is 22.0 Å². The topological polar surface area (TPSA) is 74.9 Å². The van der Waals surface area contributed by atoms with Crippen LogP contribution in [0.1, 0.15) is 5.56 Å².